The van der Waals surface area contributed by atoms with Crippen molar-refractivity contribution in [3.8, 4) is 0 Å². The van der Waals surface area contributed by atoms with Gasteiger partial charge < -0.3 is 10.0 Å². The molecule has 1 amide bonds. The van der Waals surface area contributed by atoms with Crippen LogP contribution in [0.15, 0.2) is 29.2 Å². The van der Waals surface area contributed by atoms with E-state index in [1.807, 2.05) is 11.8 Å². The first-order valence-corrected chi connectivity index (χ1v) is 15.4. The molecule has 2 aliphatic carbocycles. The van der Waals surface area contributed by atoms with Crippen LogP contribution in [0.4, 0.5) is 5.13 Å². The lowest BCUT2D eigenvalue weighted by atomic mass is 9.53. The smallest absolute Gasteiger partial charge is 0.263 e. The van der Waals surface area contributed by atoms with Crippen LogP contribution < -0.4 is 4.72 Å². The molecule has 1 aromatic carbocycles. The molecule has 10 heteroatoms. The first kappa shape index (κ1) is 25.9. The van der Waals surface area contributed by atoms with E-state index < -0.39 is 16.1 Å². The van der Waals surface area contributed by atoms with Crippen molar-refractivity contribution in [3.63, 3.8) is 0 Å². The number of fused-ring (bicyclic) bond motifs is 2. The van der Waals surface area contributed by atoms with Gasteiger partial charge in [0.25, 0.3) is 10.0 Å². The van der Waals surface area contributed by atoms with Gasteiger partial charge in [-0.2, -0.15) is 0 Å². The SMILES string of the molecule is C[C@H](C(=O)N1CCCC1)[C@@H]1CC[C@@]2(C)Cc3sc(NS(=O)(=O)c4ccc(Cl)cc4)nc3[C@@H](C)[C@@H]2[C@H]1O. The van der Waals surface area contributed by atoms with Gasteiger partial charge in [-0.05, 0) is 73.6 Å². The summed E-state index contributed by atoms with van der Waals surface area (Å²) in [6.45, 7) is 7.92. The van der Waals surface area contributed by atoms with E-state index in [1.165, 1.54) is 23.5 Å². The Morgan fingerprint density at radius 3 is 2.61 bits per heavy atom. The number of rotatable bonds is 5. The lowest BCUT2D eigenvalue weighted by Crippen LogP contribution is -2.53. The van der Waals surface area contributed by atoms with Crippen LogP contribution >= 0.6 is 22.9 Å². The van der Waals surface area contributed by atoms with Gasteiger partial charge in [-0.25, -0.2) is 13.4 Å². The summed E-state index contributed by atoms with van der Waals surface area (Å²) in [6.07, 6.45) is 3.98. The number of hydrogen-bond acceptors (Lipinski definition) is 6. The van der Waals surface area contributed by atoms with Gasteiger partial charge in [0.1, 0.15) is 0 Å². The van der Waals surface area contributed by atoms with Crippen LogP contribution in [0.5, 0.6) is 0 Å². The van der Waals surface area contributed by atoms with Gasteiger partial charge in [0.15, 0.2) is 5.13 Å². The van der Waals surface area contributed by atoms with Gasteiger partial charge >= 0.3 is 0 Å². The molecule has 3 aliphatic rings. The number of anilines is 1. The molecule has 0 bridgehead atoms. The van der Waals surface area contributed by atoms with Crippen molar-refractivity contribution >= 4 is 44.0 Å². The Balaban J connectivity index is 1.37. The number of thiazole rings is 1. The minimum Gasteiger partial charge on any atom is -0.392 e. The van der Waals surface area contributed by atoms with Gasteiger partial charge in [0, 0.05) is 34.8 Å². The molecule has 2 N–H and O–H groups in total. The third-order valence-corrected chi connectivity index (χ3v) is 11.4. The lowest BCUT2D eigenvalue weighted by Gasteiger charge is -2.53. The number of carbonyl (C=O) groups excluding carboxylic acids is 1. The van der Waals surface area contributed by atoms with Crippen molar-refractivity contribution in [1.82, 2.24) is 9.88 Å². The van der Waals surface area contributed by atoms with E-state index in [1.54, 1.807) is 12.1 Å². The molecular weight excluding hydrogens is 518 g/mol. The third-order valence-electron chi connectivity index (χ3n) is 8.72. The predicted molar refractivity (Wildman–Crippen MR) is 142 cm³/mol. The summed E-state index contributed by atoms with van der Waals surface area (Å²) >= 11 is 7.28. The van der Waals surface area contributed by atoms with Crippen molar-refractivity contribution in [3.05, 3.63) is 39.9 Å². The highest BCUT2D eigenvalue weighted by Gasteiger charge is 2.54. The molecule has 2 fully saturated rings. The Morgan fingerprint density at radius 1 is 1.28 bits per heavy atom. The van der Waals surface area contributed by atoms with Crippen LogP contribution in [0.1, 0.15) is 62.9 Å². The predicted octanol–water partition coefficient (Wildman–Crippen LogP) is 4.91. The van der Waals surface area contributed by atoms with Gasteiger partial charge in [-0.3, -0.25) is 9.52 Å². The maximum absolute atomic E-state index is 13.1. The highest BCUT2D eigenvalue weighted by molar-refractivity contribution is 7.93. The molecule has 6 atom stereocenters. The molecule has 0 unspecified atom stereocenters. The van der Waals surface area contributed by atoms with E-state index >= 15 is 0 Å². The van der Waals surface area contributed by atoms with Crippen LogP contribution in [0.3, 0.4) is 0 Å². The monoisotopic (exact) mass is 551 g/mol. The second-order valence-corrected chi connectivity index (χ2v) is 14.2. The minimum atomic E-state index is -3.79. The molecule has 0 spiro atoms. The van der Waals surface area contributed by atoms with Crippen LogP contribution in [0.2, 0.25) is 5.02 Å². The number of benzene rings is 1. The first-order valence-electron chi connectivity index (χ1n) is 12.7. The third kappa shape index (κ3) is 4.57. The van der Waals surface area contributed by atoms with E-state index in [0.29, 0.717) is 10.2 Å². The fourth-order valence-electron chi connectivity index (χ4n) is 6.79. The zero-order valence-electron chi connectivity index (χ0n) is 20.9. The summed E-state index contributed by atoms with van der Waals surface area (Å²) in [5.74, 6) is -0.219. The Morgan fingerprint density at radius 2 is 1.94 bits per heavy atom. The maximum Gasteiger partial charge on any atom is 0.263 e. The van der Waals surface area contributed by atoms with Gasteiger partial charge in [-0.15, -0.1) is 11.3 Å². The largest absolute Gasteiger partial charge is 0.392 e. The Kier molecular flexibility index (Phi) is 6.89. The van der Waals surface area contributed by atoms with Crippen LogP contribution in [-0.2, 0) is 21.2 Å². The van der Waals surface area contributed by atoms with E-state index in [2.05, 4.69) is 18.6 Å². The van der Waals surface area contributed by atoms with Crippen molar-refractivity contribution in [2.45, 2.75) is 69.8 Å². The van der Waals surface area contributed by atoms with Gasteiger partial charge in [0.2, 0.25) is 5.91 Å². The Bertz CT molecular complexity index is 1240. The summed E-state index contributed by atoms with van der Waals surface area (Å²) < 4.78 is 28.4. The average molecular weight is 552 g/mol. The molecule has 36 heavy (non-hydrogen) atoms. The van der Waals surface area contributed by atoms with Crippen molar-refractivity contribution < 1.29 is 18.3 Å². The quantitative estimate of drug-likeness (QED) is 0.550. The van der Waals surface area contributed by atoms with E-state index in [9.17, 15) is 18.3 Å². The number of amides is 1. The lowest BCUT2D eigenvalue weighted by molar-refractivity contribution is -0.143. The number of aliphatic hydroxyl groups is 1. The zero-order valence-corrected chi connectivity index (χ0v) is 23.3. The number of likely N-dealkylation sites (tertiary alicyclic amines) is 1. The number of halogens is 1. The molecule has 2 aromatic rings. The number of nitrogens with one attached hydrogen (secondary N) is 1. The van der Waals surface area contributed by atoms with E-state index in [4.69, 9.17) is 16.6 Å². The molecule has 7 nitrogen and oxygen atoms in total. The topological polar surface area (TPSA) is 99.6 Å². The fourth-order valence-corrected chi connectivity index (χ4v) is 9.41. The summed E-state index contributed by atoms with van der Waals surface area (Å²) in [5.41, 5.74) is 0.729. The van der Waals surface area contributed by atoms with E-state index in [-0.39, 0.29) is 39.9 Å². The van der Waals surface area contributed by atoms with Crippen LogP contribution in [-0.4, -0.2) is 48.5 Å². The summed E-state index contributed by atoms with van der Waals surface area (Å²) in [6, 6.07) is 6.03. The zero-order chi connectivity index (χ0) is 25.8. The summed E-state index contributed by atoms with van der Waals surface area (Å²) in [7, 11) is -3.79. The second-order valence-electron chi connectivity index (χ2n) is 11.0. The van der Waals surface area contributed by atoms with Crippen LogP contribution in [0, 0.1) is 23.2 Å². The highest BCUT2D eigenvalue weighted by Crippen LogP contribution is 2.57. The molecule has 0 radical (unpaired) electrons. The maximum atomic E-state index is 13.1. The normalized spacial score (nSPS) is 31.0. The van der Waals surface area contributed by atoms with Gasteiger partial charge in [-0.1, -0.05) is 32.4 Å². The standard InChI is InChI=1S/C26H34ClN3O4S2/c1-15(24(32)30-12-4-5-13-30)19-10-11-26(3)14-20-22(16(2)21(26)23(19)31)28-25(35-20)29-36(33,34)18-8-6-17(27)7-9-18/h6-9,15-16,19,21,23,31H,4-5,10-14H2,1-3H3,(H,28,29)/t15-,16-,19-,21+,23-,26-/m0/s1. The van der Waals surface area contributed by atoms with Crippen LogP contribution in [0.25, 0.3) is 0 Å². The Hall–Kier alpha value is -1.68. The summed E-state index contributed by atoms with van der Waals surface area (Å²) in [4.78, 5) is 21.0. The van der Waals surface area contributed by atoms with Gasteiger partial charge in [0.05, 0.1) is 16.7 Å². The number of nitrogens with zero attached hydrogens (tertiary/aromatic N) is 2. The number of carbonyl (C=O) groups is 1. The molecule has 5 rings (SSSR count). The molecular formula is C26H34ClN3O4S2. The number of aliphatic hydroxyl groups excluding tert-OH is 1. The fraction of sp³-hybridized carbons (Fsp3) is 0.615. The number of hydrogen-bond donors (Lipinski definition) is 2. The highest BCUT2D eigenvalue weighted by atomic mass is 35.5. The molecule has 1 aromatic heterocycles. The molecule has 2 heterocycles. The molecule has 1 saturated heterocycles. The second kappa shape index (κ2) is 9.57. The average Bonchev–Trinajstić information content (AvgIpc) is 3.48. The molecule has 196 valence electrons. The van der Waals surface area contributed by atoms with Crippen molar-refractivity contribution in [2.24, 2.45) is 23.2 Å². The first-order chi connectivity index (χ1) is 17.0. The van der Waals surface area contributed by atoms with Crippen molar-refractivity contribution in [2.75, 3.05) is 17.8 Å². The van der Waals surface area contributed by atoms with Crippen molar-refractivity contribution in [1.29, 1.82) is 0 Å². The molecule has 1 saturated carbocycles. The minimum absolute atomic E-state index is 0.0413. The molecule has 1 aliphatic heterocycles. The Labute approximate surface area is 222 Å². The number of sulfonamides is 1. The van der Waals surface area contributed by atoms with E-state index in [0.717, 1.165) is 55.8 Å². The number of aromatic nitrogens is 1. The summed E-state index contributed by atoms with van der Waals surface area (Å²) in [5, 5.41) is 12.4.